The van der Waals surface area contributed by atoms with Crippen LogP contribution in [0.1, 0.15) is 31.4 Å². The largest absolute Gasteiger partial charge is 0.370 e. The van der Waals surface area contributed by atoms with Gasteiger partial charge in [-0.1, -0.05) is 43.9 Å². The lowest BCUT2D eigenvalue weighted by Gasteiger charge is -2.07. The zero-order valence-corrected chi connectivity index (χ0v) is 12.1. The highest BCUT2D eigenvalue weighted by Gasteiger charge is 1.96. The lowest BCUT2D eigenvalue weighted by Crippen LogP contribution is -2.05. The normalized spacial score (nSPS) is 9.95. The van der Waals surface area contributed by atoms with Crippen LogP contribution in [0.15, 0.2) is 48.7 Å². The molecule has 0 saturated heterocycles. The number of hydrogen-bond acceptors (Lipinski definition) is 2. The van der Waals surface area contributed by atoms with Gasteiger partial charge < -0.3 is 5.32 Å². The van der Waals surface area contributed by atoms with Gasteiger partial charge in [-0.2, -0.15) is 0 Å². The minimum Gasteiger partial charge on any atom is -0.370 e. The number of aromatic nitrogens is 1. The maximum atomic E-state index is 4.37. The number of benzene rings is 1. The Morgan fingerprint density at radius 1 is 1.00 bits per heavy atom. The summed E-state index contributed by atoms with van der Waals surface area (Å²) in [6.07, 6.45) is 2.96. The molecular formula is C18H20N2. The fourth-order valence-electron chi connectivity index (χ4n) is 1.73. The lowest BCUT2D eigenvalue weighted by atomic mass is 10.1. The van der Waals surface area contributed by atoms with Gasteiger partial charge in [0, 0.05) is 23.9 Å². The summed E-state index contributed by atoms with van der Waals surface area (Å²) in [5, 5.41) is 3.32. The number of hydrogen-bond donors (Lipinski definition) is 1. The topological polar surface area (TPSA) is 24.9 Å². The van der Waals surface area contributed by atoms with Crippen LogP contribution in [-0.2, 0) is 0 Å². The second kappa shape index (κ2) is 7.35. The van der Waals surface area contributed by atoms with E-state index in [2.05, 4.69) is 36.0 Å². The second-order valence-electron chi connectivity index (χ2n) is 5.16. The van der Waals surface area contributed by atoms with Crippen LogP contribution >= 0.6 is 0 Å². The van der Waals surface area contributed by atoms with Gasteiger partial charge in [-0.25, -0.2) is 4.98 Å². The van der Waals surface area contributed by atoms with Crippen molar-refractivity contribution in [2.24, 2.45) is 5.92 Å². The minimum atomic E-state index is 0.707. The highest BCUT2D eigenvalue weighted by atomic mass is 15.0. The summed E-state index contributed by atoms with van der Waals surface area (Å²) in [6, 6.07) is 14.0. The summed E-state index contributed by atoms with van der Waals surface area (Å²) >= 11 is 0. The second-order valence-corrected chi connectivity index (χ2v) is 5.16. The molecule has 1 N–H and O–H groups in total. The molecule has 0 bridgehead atoms. The van der Waals surface area contributed by atoms with Crippen LogP contribution in [0, 0.1) is 17.8 Å². The molecule has 1 heterocycles. The third-order valence-electron chi connectivity index (χ3n) is 2.92. The molecule has 2 aromatic rings. The molecule has 2 heteroatoms. The highest BCUT2D eigenvalue weighted by molar-refractivity contribution is 5.44. The molecule has 0 saturated carbocycles. The Labute approximate surface area is 121 Å². The van der Waals surface area contributed by atoms with Gasteiger partial charge >= 0.3 is 0 Å². The van der Waals surface area contributed by atoms with E-state index in [1.807, 2.05) is 48.7 Å². The van der Waals surface area contributed by atoms with Gasteiger partial charge in [0.2, 0.25) is 0 Å². The van der Waals surface area contributed by atoms with Crippen LogP contribution in [0.25, 0.3) is 0 Å². The van der Waals surface area contributed by atoms with Crippen molar-refractivity contribution >= 4 is 5.82 Å². The van der Waals surface area contributed by atoms with E-state index in [9.17, 15) is 0 Å². The van der Waals surface area contributed by atoms with Crippen molar-refractivity contribution in [1.29, 1.82) is 0 Å². The Balaban J connectivity index is 1.93. The summed E-state index contributed by atoms with van der Waals surface area (Å²) in [5.41, 5.74) is 1.95. The average Bonchev–Trinajstić information content (AvgIpc) is 2.47. The Kier molecular flexibility index (Phi) is 5.20. The van der Waals surface area contributed by atoms with E-state index in [0.717, 1.165) is 29.9 Å². The van der Waals surface area contributed by atoms with E-state index in [1.165, 1.54) is 0 Å². The summed E-state index contributed by atoms with van der Waals surface area (Å²) in [7, 11) is 0. The van der Waals surface area contributed by atoms with Crippen molar-refractivity contribution in [3.05, 3.63) is 59.8 Å². The van der Waals surface area contributed by atoms with Crippen LogP contribution in [0.4, 0.5) is 5.82 Å². The molecule has 2 rings (SSSR count). The van der Waals surface area contributed by atoms with Crippen LogP contribution < -0.4 is 5.32 Å². The lowest BCUT2D eigenvalue weighted by molar-refractivity contribution is 0.606. The molecule has 1 aromatic heterocycles. The smallest absolute Gasteiger partial charge is 0.125 e. The predicted molar refractivity (Wildman–Crippen MR) is 84.6 cm³/mol. The monoisotopic (exact) mass is 264 g/mol. The molecule has 0 unspecified atom stereocenters. The third kappa shape index (κ3) is 4.78. The van der Waals surface area contributed by atoms with Crippen LogP contribution in [-0.4, -0.2) is 11.5 Å². The predicted octanol–water partition coefficient (Wildman–Crippen LogP) is 3.94. The van der Waals surface area contributed by atoms with Crippen molar-refractivity contribution in [1.82, 2.24) is 4.98 Å². The average molecular weight is 264 g/mol. The summed E-state index contributed by atoms with van der Waals surface area (Å²) in [4.78, 5) is 4.37. The number of rotatable bonds is 4. The minimum absolute atomic E-state index is 0.707. The van der Waals surface area contributed by atoms with Crippen LogP contribution in [0.2, 0.25) is 0 Å². The van der Waals surface area contributed by atoms with Gasteiger partial charge in [0.15, 0.2) is 0 Å². The molecule has 0 aliphatic carbocycles. The SMILES string of the molecule is CC(C)CCNc1ccc(C#Cc2ccccc2)cn1. The first-order valence-corrected chi connectivity index (χ1v) is 7.01. The number of pyridine rings is 1. The van der Waals surface area contributed by atoms with E-state index in [0.29, 0.717) is 5.92 Å². The Morgan fingerprint density at radius 3 is 2.40 bits per heavy atom. The zero-order chi connectivity index (χ0) is 14.2. The molecule has 1 aromatic carbocycles. The molecule has 0 fully saturated rings. The number of nitrogens with one attached hydrogen (secondary N) is 1. The van der Waals surface area contributed by atoms with Crippen molar-refractivity contribution in [3.8, 4) is 11.8 Å². The Hall–Kier alpha value is -2.27. The Bertz CT molecular complexity index is 574. The van der Waals surface area contributed by atoms with Gasteiger partial charge in [-0.05, 0) is 36.6 Å². The first kappa shape index (κ1) is 14.1. The van der Waals surface area contributed by atoms with E-state index < -0.39 is 0 Å². The molecular weight excluding hydrogens is 244 g/mol. The summed E-state index contributed by atoms with van der Waals surface area (Å²) < 4.78 is 0. The van der Waals surface area contributed by atoms with E-state index in [1.54, 1.807) is 0 Å². The first-order chi connectivity index (χ1) is 9.74. The van der Waals surface area contributed by atoms with Crippen molar-refractivity contribution < 1.29 is 0 Å². The number of nitrogens with zero attached hydrogens (tertiary/aromatic N) is 1. The molecule has 20 heavy (non-hydrogen) atoms. The fourth-order valence-corrected chi connectivity index (χ4v) is 1.73. The number of anilines is 1. The van der Waals surface area contributed by atoms with Crippen molar-refractivity contribution in [3.63, 3.8) is 0 Å². The highest BCUT2D eigenvalue weighted by Crippen LogP contribution is 2.06. The maximum absolute atomic E-state index is 4.37. The molecule has 0 radical (unpaired) electrons. The fraction of sp³-hybridized carbons (Fsp3) is 0.278. The van der Waals surface area contributed by atoms with Crippen molar-refractivity contribution in [2.75, 3.05) is 11.9 Å². The van der Waals surface area contributed by atoms with Crippen LogP contribution in [0.5, 0.6) is 0 Å². The molecule has 0 aliphatic rings. The van der Waals surface area contributed by atoms with Gasteiger partial charge in [-0.3, -0.25) is 0 Å². The van der Waals surface area contributed by atoms with Gasteiger partial charge in [0.25, 0.3) is 0 Å². The quantitative estimate of drug-likeness (QED) is 0.846. The third-order valence-corrected chi connectivity index (χ3v) is 2.92. The first-order valence-electron chi connectivity index (χ1n) is 7.01. The summed E-state index contributed by atoms with van der Waals surface area (Å²) in [5.74, 6) is 7.87. The van der Waals surface area contributed by atoms with Crippen molar-refractivity contribution in [2.45, 2.75) is 20.3 Å². The van der Waals surface area contributed by atoms with E-state index in [-0.39, 0.29) is 0 Å². The van der Waals surface area contributed by atoms with Gasteiger partial charge in [-0.15, -0.1) is 0 Å². The molecule has 102 valence electrons. The molecule has 2 nitrogen and oxygen atoms in total. The molecule has 0 aliphatic heterocycles. The molecule has 0 atom stereocenters. The van der Waals surface area contributed by atoms with E-state index in [4.69, 9.17) is 0 Å². The van der Waals surface area contributed by atoms with Crippen LogP contribution in [0.3, 0.4) is 0 Å². The zero-order valence-electron chi connectivity index (χ0n) is 12.1. The molecule has 0 amide bonds. The summed E-state index contributed by atoms with van der Waals surface area (Å²) in [6.45, 7) is 5.40. The molecule has 0 spiro atoms. The maximum Gasteiger partial charge on any atom is 0.125 e. The standard InChI is InChI=1S/C18H20N2/c1-15(2)12-13-19-18-11-10-17(14-20-18)9-8-16-6-4-3-5-7-16/h3-7,10-11,14-15H,12-13H2,1-2H3,(H,19,20). The van der Waals surface area contributed by atoms with Gasteiger partial charge in [0.05, 0.1) is 0 Å². The van der Waals surface area contributed by atoms with E-state index >= 15 is 0 Å². The van der Waals surface area contributed by atoms with Gasteiger partial charge in [0.1, 0.15) is 5.82 Å². The Morgan fingerprint density at radius 2 is 1.75 bits per heavy atom.